The Morgan fingerprint density at radius 3 is 3.00 bits per heavy atom. The van der Waals surface area contributed by atoms with Crippen LogP contribution in [-0.2, 0) is 0 Å². The first kappa shape index (κ1) is 7.96. The van der Waals surface area contributed by atoms with Crippen LogP contribution in [0.1, 0.15) is 5.69 Å². The van der Waals surface area contributed by atoms with Crippen molar-refractivity contribution in [2.24, 2.45) is 0 Å². The summed E-state index contributed by atoms with van der Waals surface area (Å²) in [5.41, 5.74) is 0.876. The van der Waals surface area contributed by atoms with Gasteiger partial charge >= 0.3 is 0 Å². The minimum Gasteiger partial charge on any atom is -0.412 e. The molecule has 5 nitrogen and oxygen atoms in total. The highest BCUT2D eigenvalue weighted by molar-refractivity contribution is 7.80. The van der Waals surface area contributed by atoms with Gasteiger partial charge in [-0.15, -0.1) is 0 Å². The van der Waals surface area contributed by atoms with E-state index in [2.05, 4.69) is 20.6 Å². The number of imidazole rings is 1. The number of H-pyrrole nitrogens is 1. The SMILES string of the molecule is O.S=C1NCNc2nc[nH]c21. The fourth-order valence-electron chi connectivity index (χ4n) is 0.898. The van der Waals surface area contributed by atoms with E-state index in [9.17, 15) is 0 Å². The number of fused-ring (bicyclic) bond motifs is 1. The van der Waals surface area contributed by atoms with Crippen LogP contribution in [0.4, 0.5) is 5.82 Å². The summed E-state index contributed by atoms with van der Waals surface area (Å²) in [6.07, 6.45) is 1.62. The predicted molar refractivity (Wildman–Crippen MR) is 45.5 cm³/mol. The zero-order valence-corrected chi connectivity index (χ0v) is 6.46. The summed E-state index contributed by atoms with van der Waals surface area (Å²) in [6, 6.07) is 0. The number of hydrogen-bond donors (Lipinski definition) is 3. The number of rotatable bonds is 0. The molecule has 0 radical (unpaired) electrons. The second-order valence-electron chi connectivity index (χ2n) is 1.99. The molecule has 0 saturated carbocycles. The number of nitrogens with zero attached hydrogens (tertiary/aromatic N) is 1. The van der Waals surface area contributed by atoms with Crippen LogP contribution in [-0.4, -0.2) is 27.1 Å². The molecule has 6 heteroatoms. The number of aromatic nitrogens is 2. The number of hydrogen-bond acceptors (Lipinski definition) is 3. The van der Waals surface area contributed by atoms with Crippen LogP contribution < -0.4 is 10.6 Å². The number of thiocarbonyl (C=S) groups is 1. The highest BCUT2D eigenvalue weighted by Crippen LogP contribution is 2.11. The molecule has 11 heavy (non-hydrogen) atoms. The van der Waals surface area contributed by atoms with Crippen LogP contribution in [0, 0.1) is 0 Å². The molecule has 1 aliphatic heterocycles. The van der Waals surface area contributed by atoms with Crippen LogP contribution in [0.15, 0.2) is 6.33 Å². The molecule has 5 N–H and O–H groups in total. The van der Waals surface area contributed by atoms with Gasteiger partial charge in [0.2, 0.25) is 0 Å². The lowest BCUT2D eigenvalue weighted by Gasteiger charge is -2.14. The standard InChI is InChI=1S/C5H6N4S.H2O/c10-5-3-4(7-1-6-3)8-2-9-5;/h1,8H,2H2,(H,6,7)(H,9,10);1H2. The summed E-state index contributed by atoms with van der Waals surface area (Å²) in [5, 5.41) is 6.01. The van der Waals surface area contributed by atoms with Gasteiger partial charge in [0, 0.05) is 0 Å². The average Bonchev–Trinajstić information content (AvgIpc) is 2.36. The molecule has 0 bridgehead atoms. The first-order valence-corrected chi connectivity index (χ1v) is 3.34. The fraction of sp³-hybridized carbons (Fsp3) is 0.200. The molecule has 60 valence electrons. The lowest BCUT2D eigenvalue weighted by molar-refractivity contribution is 0.824. The Morgan fingerprint density at radius 2 is 2.27 bits per heavy atom. The molecule has 2 heterocycles. The van der Waals surface area contributed by atoms with Crippen molar-refractivity contribution >= 4 is 23.0 Å². The Balaban J connectivity index is 0.000000605. The number of nitrogens with one attached hydrogen (secondary N) is 3. The van der Waals surface area contributed by atoms with E-state index >= 15 is 0 Å². The Kier molecular flexibility index (Phi) is 2.06. The summed E-state index contributed by atoms with van der Waals surface area (Å²) in [4.78, 5) is 7.67. The highest BCUT2D eigenvalue weighted by atomic mass is 32.1. The zero-order chi connectivity index (χ0) is 6.97. The van der Waals surface area contributed by atoms with E-state index < -0.39 is 0 Å². The van der Waals surface area contributed by atoms with Crippen LogP contribution >= 0.6 is 12.2 Å². The van der Waals surface area contributed by atoms with Crippen molar-refractivity contribution in [1.82, 2.24) is 15.3 Å². The Bertz CT molecular complexity index is 271. The van der Waals surface area contributed by atoms with Gasteiger partial charge < -0.3 is 21.1 Å². The maximum absolute atomic E-state index is 4.99. The van der Waals surface area contributed by atoms with Gasteiger partial charge in [-0.2, -0.15) is 0 Å². The van der Waals surface area contributed by atoms with Gasteiger partial charge in [0.25, 0.3) is 0 Å². The minimum absolute atomic E-state index is 0. The largest absolute Gasteiger partial charge is 0.412 e. The third-order valence-electron chi connectivity index (χ3n) is 1.37. The Morgan fingerprint density at radius 1 is 1.45 bits per heavy atom. The van der Waals surface area contributed by atoms with E-state index in [4.69, 9.17) is 12.2 Å². The Hall–Kier alpha value is -1.14. The van der Waals surface area contributed by atoms with Crippen molar-refractivity contribution in [3.05, 3.63) is 12.0 Å². The van der Waals surface area contributed by atoms with Crippen LogP contribution in [0.3, 0.4) is 0 Å². The van der Waals surface area contributed by atoms with Crippen LogP contribution in [0.2, 0.25) is 0 Å². The van der Waals surface area contributed by atoms with Gasteiger partial charge in [-0.25, -0.2) is 4.98 Å². The molecule has 0 saturated heterocycles. The summed E-state index contributed by atoms with van der Waals surface area (Å²) in [6.45, 7) is 0.663. The smallest absolute Gasteiger partial charge is 0.155 e. The molecule has 2 rings (SSSR count). The lowest BCUT2D eigenvalue weighted by atomic mass is 10.4. The maximum Gasteiger partial charge on any atom is 0.155 e. The molecule has 1 aromatic rings. The minimum atomic E-state index is 0. The zero-order valence-electron chi connectivity index (χ0n) is 5.64. The lowest BCUT2D eigenvalue weighted by Crippen LogP contribution is -2.33. The van der Waals surface area contributed by atoms with Crippen LogP contribution in [0.5, 0.6) is 0 Å². The second-order valence-corrected chi connectivity index (χ2v) is 2.39. The monoisotopic (exact) mass is 172 g/mol. The van der Waals surface area contributed by atoms with Crippen molar-refractivity contribution in [2.75, 3.05) is 12.0 Å². The van der Waals surface area contributed by atoms with E-state index in [0.29, 0.717) is 6.67 Å². The van der Waals surface area contributed by atoms with Gasteiger partial charge in [-0.1, -0.05) is 12.2 Å². The summed E-state index contributed by atoms with van der Waals surface area (Å²) < 4.78 is 0. The normalized spacial score (nSPS) is 14.0. The topological polar surface area (TPSA) is 84.2 Å². The molecule has 0 fully saturated rings. The highest BCUT2D eigenvalue weighted by Gasteiger charge is 2.13. The number of aromatic amines is 1. The Labute approximate surface area is 68.5 Å². The van der Waals surface area contributed by atoms with E-state index in [1.165, 1.54) is 0 Å². The average molecular weight is 172 g/mol. The van der Waals surface area contributed by atoms with Crippen molar-refractivity contribution in [1.29, 1.82) is 0 Å². The van der Waals surface area contributed by atoms with Crippen molar-refractivity contribution in [2.45, 2.75) is 0 Å². The fourth-order valence-corrected chi connectivity index (χ4v) is 1.13. The van der Waals surface area contributed by atoms with Crippen molar-refractivity contribution in [3.8, 4) is 0 Å². The molecule has 1 aliphatic rings. The molecule has 0 atom stereocenters. The van der Waals surface area contributed by atoms with Gasteiger partial charge in [0.1, 0.15) is 10.7 Å². The van der Waals surface area contributed by atoms with Crippen molar-refractivity contribution in [3.63, 3.8) is 0 Å². The molecule has 0 unspecified atom stereocenters. The van der Waals surface area contributed by atoms with Crippen molar-refractivity contribution < 1.29 is 5.48 Å². The van der Waals surface area contributed by atoms with E-state index in [1.54, 1.807) is 6.33 Å². The molecule has 0 spiro atoms. The third-order valence-corrected chi connectivity index (χ3v) is 1.72. The van der Waals surface area contributed by atoms with Crippen LogP contribution in [0.25, 0.3) is 0 Å². The first-order valence-electron chi connectivity index (χ1n) is 2.93. The van der Waals surface area contributed by atoms with Gasteiger partial charge in [-0.3, -0.25) is 0 Å². The molecule has 0 aliphatic carbocycles. The first-order chi connectivity index (χ1) is 4.88. The maximum atomic E-state index is 4.99. The van der Waals surface area contributed by atoms with E-state index in [-0.39, 0.29) is 5.48 Å². The predicted octanol–water partition coefficient (Wildman–Crippen LogP) is -0.767. The molecule has 0 aromatic carbocycles. The molecular formula is C5H8N4OS. The number of anilines is 1. The van der Waals surface area contributed by atoms with Gasteiger partial charge in [0.15, 0.2) is 5.82 Å². The van der Waals surface area contributed by atoms with E-state index in [1.807, 2.05) is 0 Å². The van der Waals surface area contributed by atoms with Gasteiger partial charge in [-0.05, 0) is 0 Å². The van der Waals surface area contributed by atoms with Gasteiger partial charge in [0.05, 0.1) is 13.0 Å². The van der Waals surface area contributed by atoms with E-state index in [0.717, 1.165) is 16.5 Å². The summed E-state index contributed by atoms with van der Waals surface area (Å²) >= 11 is 4.99. The second kappa shape index (κ2) is 2.85. The molecule has 0 amide bonds. The quantitative estimate of drug-likeness (QED) is 0.449. The molecular weight excluding hydrogens is 164 g/mol. The third kappa shape index (κ3) is 1.17. The molecule has 1 aromatic heterocycles. The summed E-state index contributed by atoms with van der Waals surface area (Å²) in [7, 11) is 0. The summed E-state index contributed by atoms with van der Waals surface area (Å²) in [5.74, 6) is 0.837.